The Kier molecular flexibility index (Phi) is 7.07. The molecule has 0 aromatic rings. The lowest BCUT2D eigenvalue weighted by Gasteiger charge is -2.42. The molecule has 0 unspecified atom stereocenters. The monoisotopic (exact) mass is 526 g/mol. The Balaban J connectivity index is 6.91. The van der Waals surface area contributed by atoms with Crippen LogP contribution in [-0.4, -0.2) is 61.9 Å². The van der Waals surface area contributed by atoms with Crippen molar-refractivity contribution in [3.63, 3.8) is 0 Å². The van der Waals surface area contributed by atoms with E-state index < -0.39 is 63.5 Å². The first-order valence-electron chi connectivity index (χ1n) is 6.56. The van der Waals surface area contributed by atoms with Crippen molar-refractivity contribution in [1.29, 1.82) is 0 Å². The van der Waals surface area contributed by atoms with Gasteiger partial charge in [0.05, 0.1) is 0 Å². The van der Waals surface area contributed by atoms with Crippen LogP contribution in [0.15, 0.2) is 0 Å². The fourth-order valence-electron chi connectivity index (χ4n) is 1.54. The quantitative estimate of drug-likeness (QED) is 0.443. The molecule has 1 radical (unpaired) electrons. The van der Waals surface area contributed by atoms with Crippen molar-refractivity contribution < 1.29 is 83.1 Å². The van der Waals surface area contributed by atoms with Crippen molar-refractivity contribution in [3.05, 3.63) is 6.92 Å². The Morgan fingerprint density at radius 2 is 0.774 bits per heavy atom. The summed E-state index contributed by atoms with van der Waals surface area (Å²) in [5, 5.41) is -7.54. The molecule has 187 valence electrons. The Morgan fingerprint density at radius 1 is 0.516 bits per heavy atom. The molecule has 0 aliphatic rings. The van der Waals surface area contributed by atoms with E-state index in [1.165, 1.54) is 0 Å². The summed E-state index contributed by atoms with van der Waals surface area (Å²) >= 11 is 0. The van der Waals surface area contributed by atoms with Gasteiger partial charge in [-0.15, -0.1) is 0 Å². The molecule has 0 atom stereocenters. The third kappa shape index (κ3) is 3.67. The highest BCUT2D eigenvalue weighted by Gasteiger charge is 2.96. The summed E-state index contributed by atoms with van der Waals surface area (Å²) in [5.74, 6) is -51.5. The molecule has 0 amide bonds. The molecule has 0 saturated carbocycles. The van der Waals surface area contributed by atoms with Crippen LogP contribution in [0.5, 0.6) is 0 Å². The van der Waals surface area contributed by atoms with Crippen LogP contribution in [0.2, 0.25) is 0 Å². The first-order chi connectivity index (χ1) is 13.1. The maximum absolute atomic E-state index is 13.3. The fourth-order valence-corrected chi connectivity index (χ4v) is 2.46. The summed E-state index contributed by atoms with van der Waals surface area (Å²) in [4.78, 5) is 0. The molecule has 0 aliphatic heterocycles. The highest BCUT2D eigenvalue weighted by molar-refractivity contribution is 7.90. The van der Waals surface area contributed by atoms with E-state index in [1.807, 2.05) is 0 Å². The van der Waals surface area contributed by atoms with Gasteiger partial charge in [0.1, 0.15) is 0 Å². The van der Waals surface area contributed by atoms with Gasteiger partial charge in [-0.05, 0) is 6.92 Å². The van der Waals surface area contributed by atoms with Crippen LogP contribution in [0, 0.1) is 6.92 Å². The smallest absolute Gasteiger partial charge is 0.210 e. The third-order valence-corrected chi connectivity index (χ3v) is 4.84. The molecule has 0 aliphatic carbocycles. The maximum atomic E-state index is 13.3. The minimum Gasteiger partial charge on any atom is -0.210 e. The van der Waals surface area contributed by atoms with E-state index in [1.54, 1.807) is 0 Å². The molecule has 0 fully saturated rings. The summed E-state index contributed by atoms with van der Waals surface area (Å²) in [5.41, 5.74) is 0. The average Bonchev–Trinajstić information content (AvgIpc) is 2.52. The lowest BCUT2D eigenvalue weighted by Crippen LogP contribution is -2.75. The molecule has 21 heteroatoms. The van der Waals surface area contributed by atoms with Gasteiger partial charge in [0, 0.05) is 6.54 Å². The molecule has 0 rings (SSSR count). The van der Waals surface area contributed by atoms with Crippen LogP contribution in [0.1, 0.15) is 0 Å². The van der Waals surface area contributed by atoms with Gasteiger partial charge >= 0.3 is 47.0 Å². The summed E-state index contributed by atoms with van der Waals surface area (Å²) in [6.07, 6.45) is -7.86. The van der Waals surface area contributed by atoms with E-state index in [0.29, 0.717) is 0 Å². The zero-order valence-electron chi connectivity index (χ0n) is 13.6. The molecule has 0 aromatic carbocycles. The van der Waals surface area contributed by atoms with Gasteiger partial charge in [0.2, 0.25) is 0 Å². The SMILES string of the molecule is [CH2]CNS(=O)(=O)C(F)(F)C(F)(F)C(F)(F)C(F)(F)C(F)(F)C(F)(F)C(F)(F)C(F)(F)F. The van der Waals surface area contributed by atoms with Crippen molar-refractivity contribution in [2.45, 2.75) is 47.0 Å². The van der Waals surface area contributed by atoms with Crippen LogP contribution < -0.4 is 4.72 Å². The van der Waals surface area contributed by atoms with Crippen molar-refractivity contribution >= 4 is 10.0 Å². The van der Waals surface area contributed by atoms with E-state index in [9.17, 15) is 83.1 Å². The number of rotatable bonds is 9. The van der Waals surface area contributed by atoms with Gasteiger partial charge in [-0.3, -0.25) is 0 Å². The Morgan fingerprint density at radius 3 is 1.03 bits per heavy atom. The van der Waals surface area contributed by atoms with E-state index in [4.69, 9.17) is 0 Å². The van der Waals surface area contributed by atoms with E-state index >= 15 is 0 Å². The summed E-state index contributed by atoms with van der Waals surface area (Å²) in [6.45, 7) is 0.804. The van der Waals surface area contributed by atoms with Gasteiger partial charge in [0.15, 0.2) is 0 Å². The standard InChI is InChI=1S/C10H5F17NO2S/c1-2-28-31(29,30)10(26,27)8(21,22)6(17,18)4(13,14)3(11,12)5(15,16)7(19,20)9(23,24)25/h28H,1-2H2. The van der Waals surface area contributed by atoms with Gasteiger partial charge in [-0.25, -0.2) is 13.1 Å². The van der Waals surface area contributed by atoms with E-state index in [-0.39, 0.29) is 4.72 Å². The van der Waals surface area contributed by atoms with Crippen molar-refractivity contribution in [2.24, 2.45) is 0 Å². The Bertz CT molecular complexity index is 768. The molecule has 0 aromatic heterocycles. The van der Waals surface area contributed by atoms with Gasteiger partial charge in [0.25, 0.3) is 10.0 Å². The van der Waals surface area contributed by atoms with Crippen LogP contribution >= 0.6 is 0 Å². The topological polar surface area (TPSA) is 46.2 Å². The van der Waals surface area contributed by atoms with Crippen LogP contribution in [0.3, 0.4) is 0 Å². The Hall–Kier alpha value is -1.28. The molecule has 1 N–H and O–H groups in total. The normalized spacial score (nSPS) is 16.6. The molecule has 0 heterocycles. The summed E-state index contributed by atoms with van der Waals surface area (Å²) in [7, 11) is -7.21. The van der Waals surface area contributed by atoms with E-state index in [0.717, 1.165) is 0 Å². The molecule has 31 heavy (non-hydrogen) atoms. The van der Waals surface area contributed by atoms with Crippen molar-refractivity contribution in [2.75, 3.05) is 6.54 Å². The number of hydrogen-bond donors (Lipinski definition) is 1. The lowest BCUT2D eigenvalue weighted by atomic mass is 9.91. The zero-order valence-corrected chi connectivity index (χ0v) is 14.4. The van der Waals surface area contributed by atoms with Crippen LogP contribution in [0.4, 0.5) is 74.6 Å². The number of hydrogen-bond acceptors (Lipinski definition) is 2. The lowest BCUT2D eigenvalue weighted by molar-refractivity contribution is -0.458. The summed E-state index contributed by atoms with van der Waals surface area (Å²) in [6, 6.07) is 0. The minimum atomic E-state index is -8.83. The number of sulfonamides is 1. The summed E-state index contributed by atoms with van der Waals surface area (Å²) < 4.78 is 241. The van der Waals surface area contributed by atoms with Gasteiger partial charge in [-0.2, -0.15) is 74.6 Å². The molecule has 0 bridgehead atoms. The zero-order chi connectivity index (χ0) is 25.9. The van der Waals surface area contributed by atoms with Crippen LogP contribution in [0.25, 0.3) is 0 Å². The molecule has 3 nitrogen and oxygen atoms in total. The molecular formula is C10H5F17NO2S. The van der Waals surface area contributed by atoms with Gasteiger partial charge < -0.3 is 0 Å². The number of nitrogens with one attached hydrogen (secondary N) is 1. The predicted octanol–water partition coefficient (Wildman–Crippen LogP) is 4.71. The number of halogens is 17. The first kappa shape index (κ1) is 29.7. The second-order valence-corrected chi connectivity index (χ2v) is 7.17. The average molecular weight is 526 g/mol. The fraction of sp³-hybridized carbons (Fsp3) is 0.900. The maximum Gasteiger partial charge on any atom is 0.460 e. The van der Waals surface area contributed by atoms with Crippen molar-refractivity contribution in [3.8, 4) is 0 Å². The highest BCUT2D eigenvalue weighted by atomic mass is 32.2. The predicted molar refractivity (Wildman–Crippen MR) is 63.0 cm³/mol. The largest absolute Gasteiger partial charge is 0.460 e. The molecule has 0 saturated heterocycles. The second-order valence-electron chi connectivity index (χ2n) is 5.36. The third-order valence-electron chi connectivity index (χ3n) is 3.32. The minimum absolute atomic E-state index is 0.253. The second kappa shape index (κ2) is 7.37. The van der Waals surface area contributed by atoms with E-state index in [2.05, 4.69) is 6.92 Å². The number of alkyl halides is 17. The van der Waals surface area contributed by atoms with Gasteiger partial charge in [-0.1, -0.05) is 0 Å². The van der Waals surface area contributed by atoms with Crippen LogP contribution in [-0.2, 0) is 10.0 Å². The highest BCUT2D eigenvalue weighted by Crippen LogP contribution is 2.64. The Labute approximate surface area is 159 Å². The van der Waals surface area contributed by atoms with Crippen molar-refractivity contribution in [1.82, 2.24) is 4.72 Å². The first-order valence-corrected chi connectivity index (χ1v) is 8.04. The molecular weight excluding hydrogens is 521 g/mol. The molecule has 0 spiro atoms.